The van der Waals surface area contributed by atoms with Crippen LogP contribution in [0.15, 0.2) is 72.8 Å². The molecule has 0 saturated heterocycles. The van der Waals surface area contributed by atoms with Crippen LogP contribution >= 0.6 is 0 Å². The summed E-state index contributed by atoms with van der Waals surface area (Å²) in [5.41, 5.74) is 13.3. The minimum absolute atomic E-state index is 0.0327. The smallest absolute Gasteiger partial charge is 0.137 e. The maximum Gasteiger partial charge on any atom is 0.137 e. The van der Waals surface area contributed by atoms with Crippen molar-refractivity contribution in [1.82, 2.24) is 5.01 Å². The van der Waals surface area contributed by atoms with E-state index in [-0.39, 0.29) is 12.0 Å². The average molecular weight is 472 g/mol. The quantitative estimate of drug-likeness (QED) is 0.197. The van der Waals surface area contributed by atoms with E-state index in [0.29, 0.717) is 18.9 Å². The van der Waals surface area contributed by atoms with Crippen molar-refractivity contribution in [2.45, 2.75) is 71.5 Å². The fourth-order valence-corrected chi connectivity index (χ4v) is 5.14. The predicted octanol–water partition coefficient (Wildman–Crippen LogP) is 5.87. The lowest BCUT2D eigenvalue weighted by atomic mass is 9.75. The van der Waals surface area contributed by atoms with Gasteiger partial charge in [-0.05, 0) is 59.1 Å². The highest BCUT2D eigenvalue weighted by Crippen LogP contribution is 2.43. The Labute approximate surface area is 211 Å². The van der Waals surface area contributed by atoms with Gasteiger partial charge in [-0.1, -0.05) is 100.0 Å². The molecule has 35 heavy (non-hydrogen) atoms. The third-order valence-electron chi connectivity index (χ3n) is 7.29. The molecule has 4 atom stereocenters. The van der Waals surface area contributed by atoms with Crippen molar-refractivity contribution < 1.29 is 4.79 Å². The van der Waals surface area contributed by atoms with Gasteiger partial charge in [0.1, 0.15) is 6.29 Å². The van der Waals surface area contributed by atoms with Crippen LogP contribution < -0.4 is 11.6 Å². The molecule has 186 valence electrons. The van der Waals surface area contributed by atoms with Crippen molar-refractivity contribution in [2.75, 3.05) is 0 Å². The van der Waals surface area contributed by atoms with E-state index in [4.69, 9.17) is 11.6 Å². The van der Waals surface area contributed by atoms with Crippen LogP contribution in [-0.2, 0) is 24.2 Å². The molecule has 0 aliphatic rings. The Morgan fingerprint density at radius 3 is 2.09 bits per heavy atom. The highest BCUT2D eigenvalue weighted by Gasteiger charge is 2.34. The molecule has 3 aromatic rings. The summed E-state index contributed by atoms with van der Waals surface area (Å²) >= 11 is 0. The fraction of sp³-hybridized carbons (Fsp3) is 0.387. The number of carbonyl (C=O) groups is 1. The van der Waals surface area contributed by atoms with E-state index in [1.807, 2.05) is 5.01 Å². The maximum absolute atomic E-state index is 10.9. The standard InChI is InChI=1S/C31H41N3O/c1-5-22(3)30(28-13-9-7-11-23(28)4)31(29-14-10-8-12-26(29)6-2)34(33)20-25-17-15-24(16-18-25)19-27(32)21-35/h7-18,21-22,27,30-31H,5-6,19-20,32-33H2,1-4H3. The molecule has 4 heteroatoms. The summed E-state index contributed by atoms with van der Waals surface area (Å²) < 4.78 is 0. The molecule has 0 radical (unpaired) electrons. The average Bonchev–Trinajstić information content (AvgIpc) is 2.88. The van der Waals surface area contributed by atoms with Gasteiger partial charge in [-0.15, -0.1) is 0 Å². The molecule has 0 aliphatic carbocycles. The van der Waals surface area contributed by atoms with Gasteiger partial charge in [-0.2, -0.15) is 0 Å². The molecule has 0 heterocycles. The number of aryl methyl sites for hydroxylation is 2. The molecule has 4 unspecified atom stereocenters. The van der Waals surface area contributed by atoms with Crippen LogP contribution in [0.2, 0.25) is 0 Å². The Hall–Kier alpha value is -2.79. The summed E-state index contributed by atoms with van der Waals surface area (Å²) in [4.78, 5) is 10.9. The van der Waals surface area contributed by atoms with Gasteiger partial charge >= 0.3 is 0 Å². The zero-order valence-electron chi connectivity index (χ0n) is 21.7. The molecule has 0 amide bonds. The van der Waals surface area contributed by atoms with E-state index < -0.39 is 6.04 Å². The SMILES string of the molecule is CCc1ccccc1C(C(c1ccccc1C)C(C)CC)N(N)Cc1ccc(CC(N)C=O)cc1. The number of hydrogen-bond acceptors (Lipinski definition) is 4. The normalized spacial score (nSPS) is 14.9. The maximum atomic E-state index is 10.9. The Kier molecular flexibility index (Phi) is 9.79. The van der Waals surface area contributed by atoms with Crippen LogP contribution in [0.3, 0.4) is 0 Å². The lowest BCUT2D eigenvalue weighted by Crippen LogP contribution is -2.40. The monoisotopic (exact) mass is 471 g/mol. The third-order valence-corrected chi connectivity index (χ3v) is 7.29. The van der Waals surface area contributed by atoms with Gasteiger partial charge in [0.05, 0.1) is 12.1 Å². The highest BCUT2D eigenvalue weighted by molar-refractivity contribution is 5.57. The molecule has 0 spiro atoms. The molecule has 0 bridgehead atoms. The summed E-state index contributed by atoms with van der Waals surface area (Å²) in [6.07, 6.45) is 3.38. The van der Waals surface area contributed by atoms with E-state index in [9.17, 15) is 4.79 Å². The first-order chi connectivity index (χ1) is 16.9. The zero-order valence-corrected chi connectivity index (χ0v) is 21.7. The minimum Gasteiger partial charge on any atom is -0.321 e. The summed E-state index contributed by atoms with van der Waals surface area (Å²) in [5, 5.41) is 2.03. The van der Waals surface area contributed by atoms with Crippen molar-refractivity contribution >= 4 is 6.29 Å². The Balaban J connectivity index is 2.02. The van der Waals surface area contributed by atoms with E-state index in [2.05, 4.69) is 100 Å². The largest absolute Gasteiger partial charge is 0.321 e. The van der Waals surface area contributed by atoms with E-state index in [1.165, 1.54) is 22.3 Å². The van der Waals surface area contributed by atoms with Crippen LogP contribution in [0.25, 0.3) is 0 Å². The molecule has 0 aromatic heterocycles. The van der Waals surface area contributed by atoms with Crippen molar-refractivity contribution in [3.63, 3.8) is 0 Å². The number of carbonyl (C=O) groups excluding carboxylic acids is 1. The van der Waals surface area contributed by atoms with Crippen LogP contribution in [0, 0.1) is 12.8 Å². The second-order valence-corrected chi connectivity index (χ2v) is 9.76. The van der Waals surface area contributed by atoms with Crippen molar-refractivity contribution in [3.8, 4) is 0 Å². The lowest BCUT2D eigenvalue weighted by Gasteiger charge is -2.39. The van der Waals surface area contributed by atoms with Gasteiger partial charge in [0.25, 0.3) is 0 Å². The number of benzene rings is 3. The van der Waals surface area contributed by atoms with Crippen molar-refractivity contribution in [2.24, 2.45) is 17.5 Å². The predicted molar refractivity (Wildman–Crippen MR) is 146 cm³/mol. The second kappa shape index (κ2) is 12.8. The van der Waals surface area contributed by atoms with E-state index >= 15 is 0 Å². The number of rotatable bonds is 12. The summed E-state index contributed by atoms with van der Waals surface area (Å²) in [7, 11) is 0. The fourth-order valence-electron chi connectivity index (χ4n) is 5.14. The second-order valence-electron chi connectivity index (χ2n) is 9.76. The summed E-state index contributed by atoms with van der Waals surface area (Å²) in [6, 6.07) is 25.3. The molecule has 3 aromatic carbocycles. The molecular formula is C31H41N3O. The van der Waals surface area contributed by atoms with Gasteiger partial charge in [0, 0.05) is 12.5 Å². The molecule has 0 fully saturated rings. The highest BCUT2D eigenvalue weighted by atomic mass is 16.1. The Morgan fingerprint density at radius 2 is 1.49 bits per heavy atom. The van der Waals surface area contributed by atoms with Crippen LogP contribution in [0.1, 0.15) is 72.5 Å². The van der Waals surface area contributed by atoms with Gasteiger partial charge < -0.3 is 10.5 Å². The number of nitrogens with zero attached hydrogens (tertiary/aromatic N) is 1. The number of nitrogens with two attached hydrogens (primary N) is 2. The van der Waals surface area contributed by atoms with Gasteiger partial charge in [0.2, 0.25) is 0 Å². The Morgan fingerprint density at radius 1 is 0.886 bits per heavy atom. The van der Waals surface area contributed by atoms with Crippen LogP contribution in [0.4, 0.5) is 0 Å². The van der Waals surface area contributed by atoms with Gasteiger partial charge in [0.15, 0.2) is 0 Å². The molecule has 0 saturated carbocycles. The van der Waals surface area contributed by atoms with Gasteiger partial charge in [-0.25, -0.2) is 5.01 Å². The first kappa shape index (κ1) is 26.8. The number of hydrazine groups is 1. The van der Waals surface area contributed by atoms with Crippen LogP contribution in [-0.4, -0.2) is 17.3 Å². The first-order valence-corrected chi connectivity index (χ1v) is 12.8. The van der Waals surface area contributed by atoms with E-state index in [1.54, 1.807) is 0 Å². The molecule has 3 rings (SSSR count). The number of hydrogen-bond donors (Lipinski definition) is 2. The zero-order chi connectivity index (χ0) is 25.4. The Bertz CT molecular complexity index is 1080. The molecule has 4 N–H and O–H groups in total. The summed E-state index contributed by atoms with van der Waals surface area (Å²) in [5.74, 6) is 7.70. The molecule has 0 aliphatic heterocycles. The first-order valence-electron chi connectivity index (χ1n) is 12.8. The number of aldehydes is 1. The van der Waals surface area contributed by atoms with E-state index in [0.717, 1.165) is 30.3 Å². The summed E-state index contributed by atoms with van der Waals surface area (Å²) in [6.45, 7) is 9.66. The van der Waals surface area contributed by atoms with Crippen molar-refractivity contribution in [3.05, 3.63) is 106 Å². The van der Waals surface area contributed by atoms with Crippen LogP contribution in [0.5, 0.6) is 0 Å². The van der Waals surface area contributed by atoms with Gasteiger partial charge in [-0.3, -0.25) is 5.84 Å². The lowest BCUT2D eigenvalue weighted by molar-refractivity contribution is -0.108. The minimum atomic E-state index is -0.466. The molecule has 4 nitrogen and oxygen atoms in total. The van der Waals surface area contributed by atoms with Crippen molar-refractivity contribution in [1.29, 1.82) is 0 Å². The molecular weight excluding hydrogens is 430 g/mol. The third kappa shape index (κ3) is 6.66. The topological polar surface area (TPSA) is 72.3 Å².